The molecule has 0 unspecified atom stereocenters. The first-order valence-corrected chi connectivity index (χ1v) is 13.9. The van der Waals surface area contributed by atoms with Gasteiger partial charge in [-0.1, -0.05) is 52.7 Å². The van der Waals surface area contributed by atoms with Crippen LogP contribution in [0.25, 0.3) is 0 Å². The summed E-state index contributed by atoms with van der Waals surface area (Å²) in [6.45, 7) is 9.03. The number of carbonyl (C=O) groups excluding carboxylic acids is 2. The summed E-state index contributed by atoms with van der Waals surface area (Å²) in [6, 6.07) is 12.0. The SMILES string of the molecule is CC[C@@H](C)NC(=O)[C@@H](C)N(Cc1ccc(Br)cc1)C(=O)CN(c1ccc(C)cc1C)S(C)(=O)=O. The number of amides is 2. The molecule has 9 heteroatoms. The number of benzene rings is 2. The molecule has 0 aliphatic carbocycles. The molecule has 0 saturated heterocycles. The molecule has 0 aliphatic rings. The summed E-state index contributed by atoms with van der Waals surface area (Å²) in [5, 5.41) is 2.92. The van der Waals surface area contributed by atoms with Crippen LogP contribution in [0.1, 0.15) is 43.9 Å². The van der Waals surface area contributed by atoms with Crippen LogP contribution in [-0.2, 0) is 26.2 Å². The van der Waals surface area contributed by atoms with Crippen LogP contribution in [0.5, 0.6) is 0 Å². The lowest BCUT2D eigenvalue weighted by atomic mass is 10.1. The van der Waals surface area contributed by atoms with E-state index < -0.39 is 28.5 Å². The average Bonchev–Trinajstić information content (AvgIpc) is 2.76. The Labute approximate surface area is 211 Å². The Morgan fingerprint density at radius 2 is 1.68 bits per heavy atom. The minimum atomic E-state index is -3.75. The van der Waals surface area contributed by atoms with Gasteiger partial charge in [0.05, 0.1) is 11.9 Å². The number of sulfonamides is 1. The summed E-state index contributed by atoms with van der Waals surface area (Å²) < 4.78 is 27.4. The smallest absolute Gasteiger partial charge is 0.244 e. The Balaban J connectivity index is 2.41. The van der Waals surface area contributed by atoms with Crippen LogP contribution in [0.4, 0.5) is 5.69 Å². The summed E-state index contributed by atoms with van der Waals surface area (Å²) in [7, 11) is -3.75. The highest BCUT2D eigenvalue weighted by Gasteiger charge is 2.30. The van der Waals surface area contributed by atoms with Crippen LogP contribution in [0, 0.1) is 13.8 Å². The summed E-state index contributed by atoms with van der Waals surface area (Å²) in [6.07, 6.45) is 1.84. The van der Waals surface area contributed by atoms with Gasteiger partial charge in [-0.25, -0.2) is 8.42 Å². The van der Waals surface area contributed by atoms with E-state index in [1.807, 2.05) is 64.1 Å². The van der Waals surface area contributed by atoms with Crippen LogP contribution in [0.3, 0.4) is 0 Å². The van der Waals surface area contributed by atoms with Crippen molar-refractivity contribution in [3.63, 3.8) is 0 Å². The first-order valence-electron chi connectivity index (χ1n) is 11.2. The van der Waals surface area contributed by atoms with Gasteiger partial charge in [0.1, 0.15) is 12.6 Å². The van der Waals surface area contributed by atoms with Gasteiger partial charge < -0.3 is 10.2 Å². The molecule has 0 radical (unpaired) electrons. The van der Waals surface area contributed by atoms with Crippen molar-refractivity contribution in [3.8, 4) is 0 Å². The largest absolute Gasteiger partial charge is 0.352 e. The number of carbonyl (C=O) groups is 2. The monoisotopic (exact) mass is 551 g/mol. The van der Waals surface area contributed by atoms with Gasteiger partial charge in [0.2, 0.25) is 21.8 Å². The van der Waals surface area contributed by atoms with E-state index in [1.54, 1.807) is 13.0 Å². The predicted octanol–water partition coefficient (Wildman–Crippen LogP) is 4.16. The van der Waals surface area contributed by atoms with E-state index in [0.717, 1.165) is 38.1 Å². The molecule has 0 aromatic heterocycles. The van der Waals surface area contributed by atoms with E-state index in [0.29, 0.717) is 5.69 Å². The van der Waals surface area contributed by atoms with E-state index in [1.165, 1.54) is 4.90 Å². The van der Waals surface area contributed by atoms with Gasteiger partial charge in [0.25, 0.3) is 0 Å². The average molecular weight is 553 g/mol. The van der Waals surface area contributed by atoms with Gasteiger partial charge in [-0.15, -0.1) is 0 Å². The molecule has 186 valence electrons. The number of hydrogen-bond acceptors (Lipinski definition) is 4. The van der Waals surface area contributed by atoms with Gasteiger partial charge in [-0.3, -0.25) is 13.9 Å². The molecule has 1 N–H and O–H groups in total. The van der Waals surface area contributed by atoms with Crippen LogP contribution >= 0.6 is 15.9 Å². The minimum Gasteiger partial charge on any atom is -0.352 e. The van der Waals surface area contributed by atoms with Crippen LogP contribution in [-0.4, -0.2) is 50.0 Å². The molecule has 0 fully saturated rings. The van der Waals surface area contributed by atoms with Crippen LogP contribution in [0.2, 0.25) is 0 Å². The van der Waals surface area contributed by atoms with Gasteiger partial charge in [-0.2, -0.15) is 0 Å². The van der Waals surface area contributed by atoms with Crippen molar-refractivity contribution in [3.05, 3.63) is 63.6 Å². The molecule has 0 bridgehead atoms. The normalized spacial score (nSPS) is 13.1. The van der Waals surface area contributed by atoms with E-state index in [4.69, 9.17) is 0 Å². The molecular formula is C25H34BrN3O4S. The second-order valence-electron chi connectivity index (χ2n) is 8.70. The zero-order chi connectivity index (χ0) is 25.6. The lowest BCUT2D eigenvalue weighted by Crippen LogP contribution is -2.52. The van der Waals surface area contributed by atoms with Crippen molar-refractivity contribution in [1.82, 2.24) is 10.2 Å². The third-order valence-corrected chi connectivity index (χ3v) is 7.39. The van der Waals surface area contributed by atoms with Crippen molar-refractivity contribution in [2.45, 2.75) is 59.7 Å². The quantitative estimate of drug-likeness (QED) is 0.480. The maximum absolute atomic E-state index is 13.6. The predicted molar refractivity (Wildman–Crippen MR) is 140 cm³/mol. The third-order valence-electron chi connectivity index (χ3n) is 5.73. The minimum absolute atomic E-state index is 0.0395. The van der Waals surface area contributed by atoms with Gasteiger partial charge in [0, 0.05) is 17.1 Å². The zero-order valence-electron chi connectivity index (χ0n) is 20.6. The van der Waals surface area contributed by atoms with Crippen molar-refractivity contribution >= 4 is 43.5 Å². The molecule has 0 aliphatic heterocycles. The maximum atomic E-state index is 13.6. The molecule has 2 amide bonds. The summed E-state index contributed by atoms with van der Waals surface area (Å²) in [4.78, 5) is 27.9. The number of nitrogens with one attached hydrogen (secondary N) is 1. The molecule has 0 heterocycles. The maximum Gasteiger partial charge on any atom is 0.244 e. The van der Waals surface area contributed by atoms with Crippen molar-refractivity contribution in [2.24, 2.45) is 0 Å². The van der Waals surface area contributed by atoms with E-state index in [2.05, 4.69) is 21.2 Å². The standard InChI is InChI=1S/C25H34BrN3O4S/c1-7-19(4)27-25(31)20(5)28(15-21-9-11-22(26)12-10-21)24(30)16-29(34(6,32)33)23-13-8-17(2)14-18(23)3/h8-14,19-20H,7,15-16H2,1-6H3,(H,27,31)/t19-,20-/m1/s1. The summed E-state index contributed by atoms with van der Waals surface area (Å²) in [5.74, 6) is -0.739. The third kappa shape index (κ3) is 7.56. The van der Waals surface area contributed by atoms with Gasteiger partial charge in [-0.05, 0) is 63.4 Å². The summed E-state index contributed by atoms with van der Waals surface area (Å²) >= 11 is 3.40. The second-order valence-corrected chi connectivity index (χ2v) is 11.5. The van der Waals surface area contributed by atoms with Gasteiger partial charge in [0.15, 0.2) is 0 Å². The van der Waals surface area contributed by atoms with Gasteiger partial charge >= 0.3 is 0 Å². The van der Waals surface area contributed by atoms with Crippen molar-refractivity contribution in [2.75, 3.05) is 17.1 Å². The number of halogens is 1. The molecule has 2 aromatic carbocycles. The Morgan fingerprint density at radius 3 is 2.21 bits per heavy atom. The molecule has 7 nitrogen and oxygen atoms in total. The number of rotatable bonds is 10. The molecule has 2 atom stereocenters. The fourth-order valence-electron chi connectivity index (χ4n) is 3.51. The topological polar surface area (TPSA) is 86.8 Å². The molecule has 2 aromatic rings. The molecular weight excluding hydrogens is 518 g/mol. The van der Waals surface area contributed by atoms with E-state index in [9.17, 15) is 18.0 Å². The van der Waals surface area contributed by atoms with Crippen molar-refractivity contribution in [1.29, 1.82) is 0 Å². The van der Waals surface area contributed by atoms with Crippen LogP contribution in [0.15, 0.2) is 46.9 Å². The second kappa shape index (κ2) is 11.8. The highest BCUT2D eigenvalue weighted by Crippen LogP contribution is 2.24. The number of hydrogen-bond donors (Lipinski definition) is 1. The summed E-state index contributed by atoms with van der Waals surface area (Å²) in [5.41, 5.74) is 3.02. The Morgan fingerprint density at radius 1 is 1.06 bits per heavy atom. The number of anilines is 1. The van der Waals surface area contributed by atoms with E-state index >= 15 is 0 Å². The Kier molecular flexibility index (Phi) is 9.70. The highest BCUT2D eigenvalue weighted by atomic mass is 79.9. The fourth-order valence-corrected chi connectivity index (χ4v) is 4.69. The number of aryl methyl sites for hydroxylation is 2. The first-order chi connectivity index (χ1) is 15.8. The molecule has 0 spiro atoms. The molecule has 0 saturated carbocycles. The molecule has 34 heavy (non-hydrogen) atoms. The number of nitrogens with zero attached hydrogens (tertiary/aromatic N) is 2. The van der Waals surface area contributed by atoms with Crippen LogP contribution < -0.4 is 9.62 Å². The Bertz CT molecular complexity index is 1120. The lowest BCUT2D eigenvalue weighted by Gasteiger charge is -2.32. The van der Waals surface area contributed by atoms with Crippen molar-refractivity contribution < 1.29 is 18.0 Å². The van der Waals surface area contributed by atoms with E-state index in [-0.39, 0.29) is 18.5 Å². The highest BCUT2D eigenvalue weighted by molar-refractivity contribution is 9.10. The fraction of sp³-hybridized carbons (Fsp3) is 0.440. The Hall–Kier alpha value is -2.39. The molecule has 2 rings (SSSR count). The first kappa shape index (κ1) is 27.9. The lowest BCUT2D eigenvalue weighted by molar-refractivity contribution is -0.139. The zero-order valence-corrected chi connectivity index (χ0v) is 23.0.